The Bertz CT molecular complexity index is 44.9. The van der Waals surface area contributed by atoms with Crippen molar-refractivity contribution in [3.63, 3.8) is 0 Å². The third-order valence-electron chi connectivity index (χ3n) is 0.326. The minimum atomic E-state index is 0.472. The van der Waals surface area contributed by atoms with E-state index in [0.717, 1.165) is 0 Å². The lowest BCUT2D eigenvalue weighted by molar-refractivity contribution is -0.541. The molecular formula is CH4N3O+. The van der Waals surface area contributed by atoms with Gasteiger partial charge in [0.15, 0.2) is 0 Å². The highest BCUT2D eigenvalue weighted by Gasteiger charge is 1.92. The molecule has 0 fully saturated rings. The molecule has 1 rings (SSSR count). The second-order valence-corrected chi connectivity index (χ2v) is 0.650. The lowest BCUT2D eigenvalue weighted by atomic mass is 11.4. The summed E-state index contributed by atoms with van der Waals surface area (Å²) in [6.45, 7) is 0.472. The molecule has 1 heterocycles. The summed E-state index contributed by atoms with van der Waals surface area (Å²) in [6, 6.07) is 0. The van der Waals surface area contributed by atoms with Crippen LogP contribution < -0.4 is 10.7 Å². The summed E-state index contributed by atoms with van der Waals surface area (Å²) in [7, 11) is 0. The van der Waals surface area contributed by atoms with Gasteiger partial charge in [-0.15, -0.1) is 4.84 Å². The molecule has 1 aliphatic rings. The van der Waals surface area contributed by atoms with E-state index in [1.54, 1.807) is 0 Å². The van der Waals surface area contributed by atoms with Gasteiger partial charge in [-0.2, -0.15) is 5.11 Å². The third kappa shape index (κ3) is 0.327. The van der Waals surface area contributed by atoms with Gasteiger partial charge in [-0.25, -0.2) is 0 Å². The highest BCUT2D eigenvalue weighted by atomic mass is 16.7. The quantitative estimate of drug-likeness (QED) is 0.346. The lowest BCUT2D eigenvalue weighted by Gasteiger charge is -1.65. The van der Waals surface area contributed by atoms with Crippen molar-refractivity contribution in [3.8, 4) is 0 Å². The smallest absolute Gasteiger partial charge is 0.151 e. The maximum absolute atomic E-state index is 4.42. The Hall–Kier alpha value is -0.640. The van der Waals surface area contributed by atoms with E-state index in [2.05, 4.69) is 20.8 Å². The van der Waals surface area contributed by atoms with Gasteiger partial charge < -0.3 is 0 Å². The Morgan fingerprint density at radius 3 is 3.20 bits per heavy atom. The monoisotopic (exact) mass is 74.0 g/mol. The molecule has 0 saturated carbocycles. The molecule has 4 nitrogen and oxygen atoms in total. The lowest BCUT2D eigenvalue weighted by Crippen LogP contribution is -2.62. The van der Waals surface area contributed by atoms with E-state index in [1.165, 1.54) is 0 Å². The van der Waals surface area contributed by atoms with E-state index >= 15 is 0 Å². The molecule has 0 unspecified atom stereocenters. The molecule has 28 valence electrons. The summed E-state index contributed by atoms with van der Waals surface area (Å²) in [5, 5.41) is 5.88. The van der Waals surface area contributed by atoms with E-state index in [-0.39, 0.29) is 0 Å². The minimum Gasteiger partial charge on any atom is -0.151 e. The zero-order valence-corrected chi connectivity index (χ0v) is 2.56. The van der Waals surface area contributed by atoms with Crippen LogP contribution in [0, 0.1) is 0 Å². The van der Waals surface area contributed by atoms with Gasteiger partial charge in [-0.05, 0) is 5.59 Å². The van der Waals surface area contributed by atoms with Crippen LogP contribution in [-0.2, 0) is 4.84 Å². The van der Waals surface area contributed by atoms with E-state index in [9.17, 15) is 0 Å². The molecular weight excluding hydrogens is 70.0 g/mol. The maximum atomic E-state index is 4.42. The first-order chi connectivity index (χ1) is 2.50. The van der Waals surface area contributed by atoms with Gasteiger partial charge in [-0.3, -0.25) is 0 Å². The Morgan fingerprint density at radius 2 is 3.00 bits per heavy atom. The molecule has 0 radical (unpaired) electrons. The van der Waals surface area contributed by atoms with Crippen molar-refractivity contribution < 1.29 is 9.95 Å². The Morgan fingerprint density at radius 1 is 2.00 bits per heavy atom. The maximum Gasteiger partial charge on any atom is 0.252 e. The van der Waals surface area contributed by atoms with E-state index < -0.39 is 0 Å². The summed E-state index contributed by atoms with van der Waals surface area (Å²) < 4.78 is 0. The van der Waals surface area contributed by atoms with Crippen LogP contribution in [0.1, 0.15) is 0 Å². The first kappa shape index (κ1) is 2.59. The number of rotatable bonds is 0. The molecule has 4 heteroatoms. The highest BCUT2D eigenvalue weighted by molar-refractivity contribution is 3.86. The first-order valence-electron chi connectivity index (χ1n) is 1.29. The second kappa shape index (κ2) is 0.984. The Labute approximate surface area is 28.8 Å². The topological polar surface area (TPSA) is 47.6 Å². The fourth-order valence-electron chi connectivity index (χ4n) is 0.161. The molecule has 0 aromatic carbocycles. The van der Waals surface area contributed by atoms with Gasteiger partial charge in [0.1, 0.15) is 5.22 Å². The number of hydrogen-bond acceptors (Lipinski definition) is 3. The molecule has 0 saturated heterocycles. The van der Waals surface area contributed by atoms with Crippen molar-refractivity contribution in [1.82, 2.24) is 5.59 Å². The first-order valence-corrected chi connectivity index (χ1v) is 1.29. The van der Waals surface area contributed by atoms with Crippen LogP contribution in [0.4, 0.5) is 0 Å². The van der Waals surface area contributed by atoms with Gasteiger partial charge in [-0.1, -0.05) is 0 Å². The summed E-state index contributed by atoms with van der Waals surface area (Å²) in [4.78, 5) is 4.42. The molecule has 0 amide bonds. The molecule has 0 aromatic heterocycles. The van der Waals surface area contributed by atoms with Crippen molar-refractivity contribution in [3.05, 3.63) is 0 Å². The highest BCUT2D eigenvalue weighted by Crippen LogP contribution is 1.54. The number of nitrogens with one attached hydrogen (secondary N) is 2. The van der Waals surface area contributed by atoms with Gasteiger partial charge >= 0.3 is 0 Å². The second-order valence-electron chi connectivity index (χ2n) is 0.650. The molecule has 0 aliphatic carbocycles. The van der Waals surface area contributed by atoms with Crippen LogP contribution in [0.2, 0.25) is 0 Å². The van der Waals surface area contributed by atoms with Crippen molar-refractivity contribution in [2.45, 2.75) is 0 Å². The Balaban J connectivity index is 2.32. The zero-order valence-electron chi connectivity index (χ0n) is 2.56. The van der Waals surface area contributed by atoms with E-state index in [1.807, 2.05) is 0 Å². The molecule has 0 spiro atoms. The van der Waals surface area contributed by atoms with Crippen molar-refractivity contribution in [1.29, 1.82) is 0 Å². The van der Waals surface area contributed by atoms with Crippen LogP contribution in [0.5, 0.6) is 0 Å². The number of nitrogens with zero attached hydrogens (tertiary/aromatic N) is 1. The van der Waals surface area contributed by atoms with Crippen molar-refractivity contribution in [2.24, 2.45) is 5.22 Å². The molecule has 1 aliphatic heterocycles. The fraction of sp³-hybridized carbons (Fsp3) is 1.00. The Kier molecular flexibility index (Phi) is 0.510. The average Bonchev–Trinajstić information content (AvgIpc) is 1.76. The largest absolute Gasteiger partial charge is 0.252 e. The van der Waals surface area contributed by atoms with Gasteiger partial charge in [0.25, 0.3) is 6.73 Å². The van der Waals surface area contributed by atoms with E-state index in [0.29, 0.717) is 6.73 Å². The average molecular weight is 74.1 g/mol. The van der Waals surface area contributed by atoms with Crippen molar-refractivity contribution in [2.75, 3.05) is 6.73 Å². The van der Waals surface area contributed by atoms with Gasteiger partial charge in [0.2, 0.25) is 0 Å². The standard InChI is InChI=1S/CH3N3O/c1-2-3-4-5-1/h1H2,(H,2,4)/p+1. The van der Waals surface area contributed by atoms with Crippen molar-refractivity contribution >= 4 is 0 Å². The zero-order chi connectivity index (χ0) is 3.54. The van der Waals surface area contributed by atoms with Crippen LogP contribution >= 0.6 is 0 Å². The summed E-state index contributed by atoms with van der Waals surface area (Å²) >= 11 is 0. The SMILES string of the molecule is C1[NH+]=NNO1. The summed E-state index contributed by atoms with van der Waals surface area (Å²) in [5.41, 5.74) is 2.24. The van der Waals surface area contributed by atoms with Crippen LogP contribution in [0.25, 0.3) is 0 Å². The van der Waals surface area contributed by atoms with Crippen LogP contribution in [0.15, 0.2) is 5.22 Å². The molecule has 0 atom stereocenters. The fourth-order valence-corrected chi connectivity index (χ4v) is 0.161. The molecule has 2 N–H and O–H groups in total. The predicted octanol–water partition coefficient (Wildman–Crippen LogP) is -2.07. The predicted molar refractivity (Wildman–Crippen MR) is 12.5 cm³/mol. The van der Waals surface area contributed by atoms with Crippen LogP contribution in [-0.4, -0.2) is 6.73 Å². The third-order valence-corrected chi connectivity index (χ3v) is 0.326. The molecule has 0 bridgehead atoms. The summed E-state index contributed by atoms with van der Waals surface area (Å²) in [5.74, 6) is 0. The normalized spacial score (nSPS) is 19.2. The van der Waals surface area contributed by atoms with Gasteiger partial charge in [0.05, 0.1) is 0 Å². The van der Waals surface area contributed by atoms with Crippen LogP contribution in [0.3, 0.4) is 0 Å². The van der Waals surface area contributed by atoms with E-state index in [4.69, 9.17) is 0 Å². The molecule has 5 heavy (non-hydrogen) atoms. The minimum absolute atomic E-state index is 0.472. The number of hydrogen-bond donors (Lipinski definition) is 2. The van der Waals surface area contributed by atoms with Gasteiger partial charge in [0, 0.05) is 0 Å². The molecule has 0 aromatic rings. The summed E-state index contributed by atoms with van der Waals surface area (Å²) in [6.07, 6.45) is 0.